The van der Waals surface area contributed by atoms with Crippen LogP contribution in [0.5, 0.6) is 0 Å². The van der Waals surface area contributed by atoms with Crippen molar-refractivity contribution >= 4 is 34.2 Å². The Kier molecular flexibility index (Phi) is 3.16. The van der Waals surface area contributed by atoms with E-state index in [1.807, 2.05) is 31.2 Å². The van der Waals surface area contributed by atoms with Crippen molar-refractivity contribution in [2.45, 2.75) is 6.92 Å². The van der Waals surface area contributed by atoms with E-state index in [2.05, 4.69) is 10.3 Å². The second-order valence-corrected chi connectivity index (χ2v) is 4.81. The van der Waals surface area contributed by atoms with Crippen molar-refractivity contribution < 1.29 is 9.21 Å². The van der Waals surface area contributed by atoms with E-state index in [0.29, 0.717) is 11.3 Å². The number of para-hydroxylation sites is 1. The Morgan fingerprint density at radius 1 is 1.30 bits per heavy atom. The van der Waals surface area contributed by atoms with E-state index in [0.717, 1.165) is 10.9 Å². The normalized spacial score (nSPS) is 10.7. The number of hydrogen-bond acceptors (Lipinski definition) is 3. The first kappa shape index (κ1) is 12.7. The van der Waals surface area contributed by atoms with E-state index in [-0.39, 0.29) is 16.8 Å². The van der Waals surface area contributed by atoms with Crippen molar-refractivity contribution in [2.24, 2.45) is 0 Å². The summed E-state index contributed by atoms with van der Waals surface area (Å²) in [5, 5.41) is 3.83. The van der Waals surface area contributed by atoms with Gasteiger partial charge in [0.15, 0.2) is 10.9 Å². The lowest BCUT2D eigenvalue weighted by Crippen LogP contribution is -2.11. The van der Waals surface area contributed by atoms with E-state index in [9.17, 15) is 4.79 Å². The summed E-state index contributed by atoms with van der Waals surface area (Å²) in [7, 11) is 0. The number of anilines is 1. The molecule has 0 aliphatic heterocycles. The van der Waals surface area contributed by atoms with Gasteiger partial charge < -0.3 is 9.73 Å². The summed E-state index contributed by atoms with van der Waals surface area (Å²) in [5.74, 6) is -0.112. The Balaban J connectivity index is 1.90. The fourth-order valence-electron chi connectivity index (χ4n) is 1.92. The van der Waals surface area contributed by atoms with E-state index < -0.39 is 0 Å². The van der Waals surface area contributed by atoms with Crippen LogP contribution in [-0.4, -0.2) is 10.9 Å². The van der Waals surface area contributed by atoms with Crippen LogP contribution in [0.3, 0.4) is 0 Å². The Hall–Kier alpha value is -2.33. The number of benzene rings is 1. The monoisotopic (exact) mass is 286 g/mol. The molecule has 100 valence electrons. The number of hydrogen-bond donors (Lipinski definition) is 1. The number of rotatable bonds is 2. The molecule has 0 radical (unpaired) electrons. The van der Waals surface area contributed by atoms with Crippen LogP contribution < -0.4 is 5.32 Å². The number of amides is 1. The van der Waals surface area contributed by atoms with Crippen molar-refractivity contribution in [2.75, 3.05) is 5.32 Å². The van der Waals surface area contributed by atoms with E-state index >= 15 is 0 Å². The van der Waals surface area contributed by atoms with E-state index in [1.54, 1.807) is 18.3 Å². The number of fused-ring (bicyclic) bond motifs is 1. The lowest BCUT2D eigenvalue weighted by atomic mass is 10.2. The number of halogens is 1. The molecule has 0 aliphatic rings. The molecule has 4 nitrogen and oxygen atoms in total. The zero-order valence-electron chi connectivity index (χ0n) is 10.7. The lowest BCUT2D eigenvalue weighted by Gasteiger charge is -2.05. The number of aryl methyl sites for hydroxylation is 1. The first-order chi connectivity index (χ1) is 9.63. The van der Waals surface area contributed by atoms with Gasteiger partial charge in [-0.1, -0.05) is 29.8 Å². The maximum absolute atomic E-state index is 12.2. The van der Waals surface area contributed by atoms with Crippen LogP contribution in [-0.2, 0) is 0 Å². The number of furan rings is 1. The zero-order valence-corrected chi connectivity index (χ0v) is 11.4. The van der Waals surface area contributed by atoms with E-state index in [4.69, 9.17) is 16.0 Å². The molecule has 5 heteroatoms. The van der Waals surface area contributed by atoms with Crippen LogP contribution >= 0.6 is 11.6 Å². The minimum absolute atomic E-state index is 0.240. The molecule has 20 heavy (non-hydrogen) atoms. The first-order valence-electron chi connectivity index (χ1n) is 6.05. The molecule has 2 heterocycles. The molecule has 2 aromatic heterocycles. The largest absolute Gasteiger partial charge is 0.451 e. The third-order valence-electron chi connectivity index (χ3n) is 2.87. The molecule has 1 aromatic carbocycles. The molecule has 0 aliphatic carbocycles. The van der Waals surface area contributed by atoms with Gasteiger partial charge in [-0.25, -0.2) is 4.98 Å². The molecule has 0 unspecified atom stereocenters. The first-order valence-corrected chi connectivity index (χ1v) is 6.43. The maximum atomic E-state index is 12.2. The van der Waals surface area contributed by atoms with Gasteiger partial charge in [-0.15, -0.1) is 0 Å². The van der Waals surface area contributed by atoms with Crippen LogP contribution in [0.4, 0.5) is 5.69 Å². The van der Waals surface area contributed by atoms with Crippen LogP contribution in [0.2, 0.25) is 5.15 Å². The highest BCUT2D eigenvalue weighted by molar-refractivity contribution is 6.32. The van der Waals surface area contributed by atoms with Crippen LogP contribution in [0.25, 0.3) is 11.0 Å². The molecular formula is C15H11ClN2O2. The molecule has 0 saturated heterocycles. The molecular weight excluding hydrogens is 276 g/mol. The lowest BCUT2D eigenvalue weighted by molar-refractivity contribution is 0.0998. The molecule has 1 amide bonds. The summed E-state index contributed by atoms with van der Waals surface area (Å²) < 4.78 is 5.50. The quantitative estimate of drug-likeness (QED) is 0.723. The number of nitrogens with one attached hydrogen (secondary N) is 1. The molecule has 1 N–H and O–H groups in total. The summed E-state index contributed by atoms with van der Waals surface area (Å²) >= 11 is 5.95. The van der Waals surface area contributed by atoms with Gasteiger partial charge in [0.2, 0.25) is 0 Å². The van der Waals surface area contributed by atoms with Gasteiger partial charge in [0.25, 0.3) is 5.91 Å². The highest BCUT2D eigenvalue weighted by Crippen LogP contribution is 2.23. The standard InChI is InChI=1S/C15H11ClN2O2/c1-9-6-11(14(16)17-8-9)18-15(19)13-7-10-4-2-3-5-12(10)20-13/h2-8H,1H3,(H,18,19). The van der Waals surface area contributed by atoms with Gasteiger partial charge in [-0.2, -0.15) is 0 Å². The SMILES string of the molecule is Cc1cnc(Cl)c(NC(=O)c2cc3ccccc3o2)c1. The Morgan fingerprint density at radius 2 is 2.10 bits per heavy atom. The predicted molar refractivity (Wildman–Crippen MR) is 78.2 cm³/mol. The Labute approximate surface area is 120 Å². The van der Waals surface area contributed by atoms with Crippen LogP contribution in [0.1, 0.15) is 16.1 Å². The minimum atomic E-state index is -0.351. The minimum Gasteiger partial charge on any atom is -0.451 e. The number of aromatic nitrogens is 1. The van der Waals surface area contributed by atoms with Crippen molar-refractivity contribution in [3.63, 3.8) is 0 Å². The van der Waals surface area contributed by atoms with Gasteiger partial charge >= 0.3 is 0 Å². The molecule has 3 aromatic rings. The number of pyridine rings is 1. The van der Waals surface area contributed by atoms with Crippen molar-refractivity contribution in [3.05, 3.63) is 59.1 Å². The van der Waals surface area contributed by atoms with E-state index in [1.165, 1.54) is 0 Å². The molecule has 0 saturated carbocycles. The average molecular weight is 287 g/mol. The second-order valence-electron chi connectivity index (χ2n) is 4.45. The van der Waals surface area contributed by atoms with Crippen molar-refractivity contribution in [1.29, 1.82) is 0 Å². The Bertz CT molecular complexity index is 762. The molecule has 0 bridgehead atoms. The summed E-state index contributed by atoms with van der Waals surface area (Å²) in [6.45, 7) is 1.88. The number of nitrogens with zero attached hydrogens (tertiary/aromatic N) is 1. The zero-order chi connectivity index (χ0) is 14.1. The second kappa shape index (κ2) is 4.98. The fraction of sp³-hybridized carbons (Fsp3) is 0.0667. The molecule has 0 spiro atoms. The summed E-state index contributed by atoms with van der Waals surface area (Å²) in [6.07, 6.45) is 1.64. The predicted octanol–water partition coefficient (Wildman–Crippen LogP) is 4.04. The highest BCUT2D eigenvalue weighted by atomic mass is 35.5. The van der Waals surface area contributed by atoms with Crippen molar-refractivity contribution in [3.8, 4) is 0 Å². The highest BCUT2D eigenvalue weighted by Gasteiger charge is 2.14. The van der Waals surface area contributed by atoms with Gasteiger partial charge in [-0.3, -0.25) is 4.79 Å². The topological polar surface area (TPSA) is 55.1 Å². The van der Waals surface area contributed by atoms with Crippen LogP contribution in [0, 0.1) is 6.92 Å². The van der Waals surface area contributed by atoms with Gasteiger partial charge in [0, 0.05) is 11.6 Å². The third kappa shape index (κ3) is 2.38. The number of carbonyl (C=O) groups excluding carboxylic acids is 1. The molecule has 3 rings (SSSR count). The average Bonchev–Trinajstić information content (AvgIpc) is 2.87. The third-order valence-corrected chi connectivity index (χ3v) is 3.17. The van der Waals surface area contributed by atoms with Gasteiger partial charge in [-0.05, 0) is 30.7 Å². The smallest absolute Gasteiger partial charge is 0.291 e. The molecule has 0 fully saturated rings. The molecule has 0 atom stereocenters. The summed E-state index contributed by atoms with van der Waals surface area (Å²) in [4.78, 5) is 16.1. The van der Waals surface area contributed by atoms with Crippen LogP contribution in [0.15, 0.2) is 47.0 Å². The fourth-order valence-corrected chi connectivity index (χ4v) is 2.07. The van der Waals surface area contributed by atoms with Crippen molar-refractivity contribution in [1.82, 2.24) is 4.98 Å². The van der Waals surface area contributed by atoms with Gasteiger partial charge in [0.1, 0.15) is 5.58 Å². The number of carbonyl (C=O) groups is 1. The Morgan fingerprint density at radius 3 is 2.90 bits per heavy atom. The summed E-state index contributed by atoms with van der Waals surface area (Å²) in [6, 6.07) is 10.9. The summed E-state index contributed by atoms with van der Waals surface area (Å²) in [5.41, 5.74) is 2.05. The maximum Gasteiger partial charge on any atom is 0.291 e. The van der Waals surface area contributed by atoms with Gasteiger partial charge in [0.05, 0.1) is 5.69 Å².